The van der Waals surface area contributed by atoms with Gasteiger partial charge in [-0.25, -0.2) is 0 Å². The van der Waals surface area contributed by atoms with Gasteiger partial charge >= 0.3 is 0 Å². The second kappa shape index (κ2) is 2.57. The predicted octanol–water partition coefficient (Wildman–Crippen LogP) is 2.49. The first-order valence-electron chi connectivity index (χ1n) is 3.71. The van der Waals surface area contributed by atoms with E-state index in [1.807, 2.05) is 0 Å². The van der Waals surface area contributed by atoms with Crippen LogP contribution in [0.2, 0.25) is 0 Å². The molecule has 0 saturated heterocycles. The summed E-state index contributed by atoms with van der Waals surface area (Å²) < 4.78 is 0. The van der Waals surface area contributed by atoms with E-state index in [2.05, 4.69) is 26.8 Å². The molecule has 0 aliphatic rings. The van der Waals surface area contributed by atoms with Crippen molar-refractivity contribution in [2.75, 3.05) is 0 Å². The number of phenols is 1. The first-order chi connectivity index (χ1) is 5.00. The van der Waals surface area contributed by atoms with Crippen molar-refractivity contribution in [3.8, 4) is 5.75 Å². The molecule has 0 spiro atoms. The minimum Gasteiger partial charge on any atom is -0.508 e. The number of aromatic hydroxyl groups is 1. The molecule has 1 heteroatoms. The molecule has 0 bridgehead atoms. The van der Waals surface area contributed by atoms with Crippen LogP contribution >= 0.6 is 0 Å². The van der Waals surface area contributed by atoms with Crippen molar-refractivity contribution in [1.29, 1.82) is 0 Å². The zero-order chi connectivity index (χ0) is 8.48. The third kappa shape index (κ3) is 1.97. The molecule has 1 aromatic rings. The topological polar surface area (TPSA) is 20.2 Å². The molecule has 0 saturated carbocycles. The third-order valence-corrected chi connectivity index (χ3v) is 1.59. The molecule has 0 fully saturated rings. The van der Waals surface area contributed by atoms with Gasteiger partial charge in [-0.1, -0.05) is 26.8 Å². The van der Waals surface area contributed by atoms with Crippen molar-refractivity contribution < 1.29 is 5.11 Å². The number of phenolic OH excluding ortho intramolecular Hbond substituents is 1. The second-order valence-corrected chi connectivity index (χ2v) is 3.71. The number of benzene rings is 1. The van der Waals surface area contributed by atoms with Gasteiger partial charge in [0.25, 0.3) is 0 Å². The zero-order valence-electron chi connectivity index (χ0n) is 7.18. The van der Waals surface area contributed by atoms with Crippen molar-refractivity contribution >= 4 is 0 Å². The predicted molar refractivity (Wildman–Crippen MR) is 45.6 cm³/mol. The molecule has 0 heterocycles. The molecule has 0 aliphatic heterocycles. The van der Waals surface area contributed by atoms with E-state index in [1.54, 1.807) is 18.2 Å². The highest BCUT2D eigenvalue weighted by Crippen LogP contribution is 2.24. The van der Waals surface area contributed by atoms with Gasteiger partial charge in [-0.2, -0.15) is 0 Å². The molecule has 0 atom stereocenters. The molecule has 1 aromatic carbocycles. The Morgan fingerprint density at radius 3 is 2.36 bits per heavy atom. The van der Waals surface area contributed by atoms with E-state index in [4.69, 9.17) is 5.11 Å². The Hall–Kier alpha value is -0.980. The SMILES string of the molecule is CC(C)(C)c1[c]ccc(O)c1. The lowest BCUT2D eigenvalue weighted by atomic mass is 9.87. The van der Waals surface area contributed by atoms with Gasteiger partial charge in [0.2, 0.25) is 0 Å². The van der Waals surface area contributed by atoms with Crippen LogP contribution in [0.15, 0.2) is 18.2 Å². The maximum absolute atomic E-state index is 9.16. The molecule has 1 nitrogen and oxygen atoms in total. The Morgan fingerprint density at radius 2 is 2.00 bits per heavy atom. The Morgan fingerprint density at radius 1 is 1.36 bits per heavy atom. The van der Waals surface area contributed by atoms with Crippen LogP contribution in [0.3, 0.4) is 0 Å². The molecule has 59 valence electrons. The molecule has 0 amide bonds. The summed E-state index contributed by atoms with van der Waals surface area (Å²) in [6.45, 7) is 6.29. The summed E-state index contributed by atoms with van der Waals surface area (Å²) >= 11 is 0. The Labute approximate surface area is 67.7 Å². The van der Waals surface area contributed by atoms with Crippen LogP contribution in [0.5, 0.6) is 5.75 Å². The Bertz CT molecular complexity index is 245. The summed E-state index contributed by atoms with van der Waals surface area (Å²) in [5.74, 6) is 0.314. The highest BCUT2D eigenvalue weighted by atomic mass is 16.3. The van der Waals surface area contributed by atoms with E-state index in [0.717, 1.165) is 5.56 Å². The van der Waals surface area contributed by atoms with Crippen LogP contribution in [0.25, 0.3) is 0 Å². The second-order valence-electron chi connectivity index (χ2n) is 3.71. The molecular weight excluding hydrogens is 136 g/mol. The first-order valence-corrected chi connectivity index (χ1v) is 3.71. The normalized spacial score (nSPS) is 11.5. The Kier molecular flexibility index (Phi) is 1.90. The minimum absolute atomic E-state index is 0.0682. The standard InChI is InChI=1S/C10H13O/c1-10(2,3)8-5-4-6-9(11)7-8/h4,6-7,11H,1-3H3. The molecule has 1 radical (unpaired) electrons. The van der Waals surface area contributed by atoms with E-state index >= 15 is 0 Å². The lowest BCUT2D eigenvalue weighted by Gasteiger charge is -2.18. The van der Waals surface area contributed by atoms with E-state index in [0.29, 0.717) is 5.75 Å². The monoisotopic (exact) mass is 149 g/mol. The lowest BCUT2D eigenvalue weighted by Crippen LogP contribution is -2.10. The summed E-state index contributed by atoms with van der Waals surface area (Å²) in [4.78, 5) is 0. The average molecular weight is 149 g/mol. The van der Waals surface area contributed by atoms with E-state index in [-0.39, 0.29) is 5.41 Å². The highest BCUT2D eigenvalue weighted by molar-refractivity contribution is 5.30. The zero-order valence-corrected chi connectivity index (χ0v) is 7.18. The molecule has 0 aromatic heterocycles. The molecule has 1 rings (SSSR count). The van der Waals surface area contributed by atoms with E-state index in [9.17, 15) is 0 Å². The summed E-state index contributed by atoms with van der Waals surface area (Å²) in [6.07, 6.45) is 0. The van der Waals surface area contributed by atoms with Crippen molar-refractivity contribution in [2.24, 2.45) is 0 Å². The van der Waals surface area contributed by atoms with Crippen LogP contribution < -0.4 is 0 Å². The molecule has 0 aliphatic carbocycles. The smallest absolute Gasteiger partial charge is 0.115 e. The van der Waals surface area contributed by atoms with Crippen LogP contribution in [0, 0.1) is 6.07 Å². The van der Waals surface area contributed by atoms with Crippen molar-refractivity contribution in [1.82, 2.24) is 0 Å². The van der Waals surface area contributed by atoms with Gasteiger partial charge < -0.3 is 5.11 Å². The van der Waals surface area contributed by atoms with Gasteiger partial charge in [0.1, 0.15) is 5.75 Å². The minimum atomic E-state index is 0.0682. The average Bonchev–Trinajstić information content (AvgIpc) is 1.86. The number of hydrogen-bond acceptors (Lipinski definition) is 1. The van der Waals surface area contributed by atoms with Crippen molar-refractivity contribution in [3.63, 3.8) is 0 Å². The highest BCUT2D eigenvalue weighted by Gasteiger charge is 2.13. The van der Waals surface area contributed by atoms with E-state index < -0.39 is 0 Å². The van der Waals surface area contributed by atoms with Gasteiger partial charge in [-0.15, -0.1) is 0 Å². The van der Waals surface area contributed by atoms with Gasteiger partial charge in [0.15, 0.2) is 0 Å². The van der Waals surface area contributed by atoms with Gasteiger partial charge in [0, 0.05) is 0 Å². The summed E-state index contributed by atoms with van der Waals surface area (Å²) in [5, 5.41) is 9.16. The lowest BCUT2D eigenvalue weighted by molar-refractivity contribution is 0.471. The fourth-order valence-electron chi connectivity index (χ4n) is 0.888. The molecule has 0 unspecified atom stereocenters. The van der Waals surface area contributed by atoms with E-state index in [1.165, 1.54) is 0 Å². The van der Waals surface area contributed by atoms with Crippen molar-refractivity contribution in [3.05, 3.63) is 29.8 Å². The van der Waals surface area contributed by atoms with Crippen LogP contribution in [-0.4, -0.2) is 5.11 Å². The maximum atomic E-state index is 9.16. The maximum Gasteiger partial charge on any atom is 0.115 e. The molecular formula is C10H13O. The van der Waals surface area contributed by atoms with Gasteiger partial charge in [0.05, 0.1) is 0 Å². The fourth-order valence-corrected chi connectivity index (χ4v) is 0.888. The van der Waals surface area contributed by atoms with Gasteiger partial charge in [-0.05, 0) is 29.2 Å². The van der Waals surface area contributed by atoms with Crippen molar-refractivity contribution in [2.45, 2.75) is 26.2 Å². The third-order valence-electron chi connectivity index (χ3n) is 1.59. The summed E-state index contributed by atoms with van der Waals surface area (Å²) in [7, 11) is 0. The number of hydrogen-bond donors (Lipinski definition) is 1. The van der Waals surface area contributed by atoms with Crippen LogP contribution in [0.4, 0.5) is 0 Å². The summed E-state index contributed by atoms with van der Waals surface area (Å²) in [5.41, 5.74) is 1.11. The summed E-state index contributed by atoms with van der Waals surface area (Å²) in [6, 6.07) is 8.22. The fraction of sp³-hybridized carbons (Fsp3) is 0.400. The number of rotatable bonds is 0. The van der Waals surface area contributed by atoms with Crippen LogP contribution in [-0.2, 0) is 5.41 Å². The quantitative estimate of drug-likeness (QED) is 0.600. The first kappa shape index (κ1) is 8.12. The molecule has 11 heavy (non-hydrogen) atoms. The Balaban J connectivity index is 3.06. The van der Waals surface area contributed by atoms with Gasteiger partial charge in [-0.3, -0.25) is 0 Å². The molecule has 1 N–H and O–H groups in total. The van der Waals surface area contributed by atoms with Crippen LogP contribution in [0.1, 0.15) is 26.3 Å². The largest absolute Gasteiger partial charge is 0.508 e.